The van der Waals surface area contributed by atoms with Gasteiger partial charge in [0.05, 0.1) is 28.6 Å². The standard InChI is InChI=1S/C21H21F3N4O6S/c1-11(2)34-20(31)26-16-10-25-9-8-15(16)12(3)17-18(29)28(19(30)27-17)13-4-6-14(7-5-13)35(32,33)21(22,23)24/h4-12,17H,1-3H3,(H,26,31)(H,27,30). The molecule has 1 aromatic heterocycles. The molecule has 2 unspecified atom stereocenters. The van der Waals surface area contributed by atoms with E-state index >= 15 is 0 Å². The molecule has 1 aliphatic heterocycles. The Morgan fingerprint density at radius 1 is 1.14 bits per heavy atom. The number of carbonyl (C=O) groups is 3. The fourth-order valence-corrected chi connectivity index (χ4v) is 4.19. The minimum absolute atomic E-state index is 0.114. The molecule has 0 saturated carbocycles. The number of hydrogen-bond donors (Lipinski definition) is 2. The zero-order valence-corrected chi connectivity index (χ0v) is 19.5. The first kappa shape index (κ1) is 25.9. The maximum absolute atomic E-state index is 13.1. The molecule has 1 fully saturated rings. The molecule has 1 aromatic carbocycles. The monoisotopic (exact) mass is 514 g/mol. The van der Waals surface area contributed by atoms with Gasteiger partial charge in [-0.05, 0) is 49.7 Å². The molecular weight excluding hydrogens is 493 g/mol. The van der Waals surface area contributed by atoms with Crippen LogP contribution in [0.4, 0.5) is 34.1 Å². The summed E-state index contributed by atoms with van der Waals surface area (Å²) in [6.07, 6.45) is 1.67. The third-order valence-corrected chi connectivity index (χ3v) is 6.61. The van der Waals surface area contributed by atoms with Crippen LogP contribution in [0.1, 0.15) is 32.3 Å². The Balaban J connectivity index is 1.84. The van der Waals surface area contributed by atoms with E-state index in [1.807, 2.05) is 0 Å². The zero-order valence-electron chi connectivity index (χ0n) is 18.7. The highest BCUT2D eigenvalue weighted by Gasteiger charge is 2.47. The molecule has 188 valence electrons. The second kappa shape index (κ2) is 9.52. The number of sulfone groups is 1. The number of carbonyl (C=O) groups excluding carboxylic acids is 3. The molecule has 2 heterocycles. The highest BCUT2D eigenvalue weighted by atomic mass is 32.2. The number of urea groups is 1. The van der Waals surface area contributed by atoms with E-state index in [-0.39, 0.29) is 17.5 Å². The van der Waals surface area contributed by atoms with Crippen molar-refractivity contribution in [2.45, 2.75) is 49.2 Å². The number of pyridine rings is 1. The van der Waals surface area contributed by atoms with Crippen LogP contribution in [0.15, 0.2) is 47.6 Å². The number of nitrogens with zero attached hydrogens (tertiary/aromatic N) is 2. The molecule has 10 nitrogen and oxygen atoms in total. The van der Waals surface area contributed by atoms with Crippen LogP contribution in [0.25, 0.3) is 0 Å². The molecule has 0 bridgehead atoms. The molecule has 4 amide bonds. The molecule has 1 saturated heterocycles. The lowest BCUT2D eigenvalue weighted by atomic mass is 9.92. The van der Waals surface area contributed by atoms with Crippen LogP contribution in [0, 0.1) is 0 Å². The number of hydrogen-bond acceptors (Lipinski definition) is 7. The largest absolute Gasteiger partial charge is 0.501 e. The van der Waals surface area contributed by atoms with Gasteiger partial charge in [-0.3, -0.25) is 15.1 Å². The summed E-state index contributed by atoms with van der Waals surface area (Å²) >= 11 is 0. The van der Waals surface area contributed by atoms with Gasteiger partial charge in [-0.2, -0.15) is 13.2 Å². The number of imide groups is 1. The molecule has 3 rings (SSSR count). The fourth-order valence-electron chi connectivity index (χ4n) is 3.43. The Hall–Kier alpha value is -3.68. The molecule has 1 aliphatic rings. The van der Waals surface area contributed by atoms with Gasteiger partial charge < -0.3 is 10.1 Å². The number of anilines is 2. The lowest BCUT2D eigenvalue weighted by molar-refractivity contribution is -0.118. The summed E-state index contributed by atoms with van der Waals surface area (Å²) in [4.78, 5) is 41.3. The first-order valence-electron chi connectivity index (χ1n) is 10.2. The predicted molar refractivity (Wildman–Crippen MR) is 117 cm³/mol. The molecule has 2 aromatic rings. The van der Waals surface area contributed by atoms with Gasteiger partial charge in [0.2, 0.25) is 0 Å². The van der Waals surface area contributed by atoms with Crippen molar-refractivity contribution < 1.29 is 40.7 Å². The number of ether oxygens (including phenoxy) is 1. The van der Waals surface area contributed by atoms with Gasteiger partial charge in [-0.25, -0.2) is 22.9 Å². The third kappa shape index (κ3) is 5.21. The van der Waals surface area contributed by atoms with Crippen molar-refractivity contribution in [3.8, 4) is 0 Å². The van der Waals surface area contributed by atoms with Gasteiger partial charge in [0.25, 0.3) is 15.7 Å². The number of benzene rings is 1. The normalized spacial score (nSPS) is 17.3. The molecule has 14 heteroatoms. The molecule has 2 N–H and O–H groups in total. The summed E-state index contributed by atoms with van der Waals surface area (Å²) in [7, 11) is -5.58. The van der Waals surface area contributed by atoms with Gasteiger partial charge in [0.15, 0.2) is 0 Å². The Kier molecular flexibility index (Phi) is 7.06. The highest BCUT2D eigenvalue weighted by Crippen LogP contribution is 2.34. The molecule has 0 spiro atoms. The maximum Gasteiger partial charge on any atom is 0.501 e. The lowest BCUT2D eigenvalue weighted by Gasteiger charge is -2.21. The average Bonchev–Trinajstić information content (AvgIpc) is 3.06. The van der Waals surface area contributed by atoms with E-state index in [2.05, 4.69) is 15.6 Å². The first-order valence-corrected chi connectivity index (χ1v) is 11.7. The van der Waals surface area contributed by atoms with Crippen LogP contribution in [-0.2, 0) is 19.4 Å². The number of aromatic nitrogens is 1. The smallest absolute Gasteiger partial charge is 0.447 e. The van der Waals surface area contributed by atoms with E-state index in [4.69, 9.17) is 4.74 Å². The number of rotatable bonds is 6. The predicted octanol–water partition coefficient (Wildman–Crippen LogP) is 3.56. The van der Waals surface area contributed by atoms with Crippen molar-refractivity contribution in [2.75, 3.05) is 10.2 Å². The van der Waals surface area contributed by atoms with Crippen molar-refractivity contribution in [1.82, 2.24) is 10.3 Å². The van der Waals surface area contributed by atoms with Gasteiger partial charge in [0.1, 0.15) is 6.04 Å². The van der Waals surface area contributed by atoms with Crippen LogP contribution in [-0.4, -0.2) is 49.1 Å². The number of alkyl halides is 3. The van der Waals surface area contributed by atoms with Crippen LogP contribution in [0.5, 0.6) is 0 Å². The van der Waals surface area contributed by atoms with Crippen LogP contribution in [0.2, 0.25) is 0 Å². The second-order valence-corrected chi connectivity index (χ2v) is 9.82. The van der Waals surface area contributed by atoms with E-state index in [0.717, 1.165) is 12.1 Å². The fraction of sp³-hybridized carbons (Fsp3) is 0.333. The first-order chi connectivity index (χ1) is 16.2. The summed E-state index contributed by atoms with van der Waals surface area (Å²) in [6, 6.07) is 2.82. The van der Waals surface area contributed by atoms with Gasteiger partial charge in [0, 0.05) is 12.1 Å². The van der Waals surface area contributed by atoms with Crippen molar-refractivity contribution in [1.29, 1.82) is 0 Å². The highest BCUT2D eigenvalue weighted by molar-refractivity contribution is 7.92. The third-order valence-electron chi connectivity index (χ3n) is 5.10. The SMILES string of the molecule is CC(C)OC(=O)Nc1cnccc1C(C)C1NC(=O)N(c2ccc(S(=O)(=O)C(F)(F)F)cc2)C1=O. The number of amides is 4. The van der Waals surface area contributed by atoms with E-state index in [1.165, 1.54) is 12.4 Å². The Morgan fingerprint density at radius 2 is 1.77 bits per heavy atom. The average molecular weight is 514 g/mol. The summed E-state index contributed by atoms with van der Waals surface area (Å²) in [5.74, 6) is -1.39. The Bertz CT molecular complexity index is 1250. The van der Waals surface area contributed by atoms with Crippen molar-refractivity contribution >= 4 is 39.2 Å². The van der Waals surface area contributed by atoms with Gasteiger partial charge in [-0.15, -0.1) is 0 Å². The summed E-state index contributed by atoms with van der Waals surface area (Å²) < 4.78 is 66.4. The lowest BCUT2D eigenvalue weighted by Crippen LogP contribution is -2.35. The van der Waals surface area contributed by atoms with Crippen molar-refractivity contribution in [2.24, 2.45) is 0 Å². The minimum Gasteiger partial charge on any atom is -0.447 e. The van der Waals surface area contributed by atoms with Crippen LogP contribution in [0.3, 0.4) is 0 Å². The van der Waals surface area contributed by atoms with Crippen LogP contribution >= 0.6 is 0 Å². The van der Waals surface area contributed by atoms with E-state index in [0.29, 0.717) is 22.6 Å². The Morgan fingerprint density at radius 3 is 2.34 bits per heavy atom. The van der Waals surface area contributed by atoms with Crippen LogP contribution < -0.4 is 15.5 Å². The second-order valence-electron chi connectivity index (χ2n) is 7.87. The van der Waals surface area contributed by atoms with E-state index in [9.17, 15) is 36.0 Å². The Labute approximate surface area is 198 Å². The van der Waals surface area contributed by atoms with Gasteiger partial charge in [-0.1, -0.05) is 6.92 Å². The van der Waals surface area contributed by atoms with Gasteiger partial charge >= 0.3 is 17.6 Å². The topological polar surface area (TPSA) is 135 Å². The number of nitrogens with one attached hydrogen (secondary N) is 2. The molecule has 0 aliphatic carbocycles. The summed E-state index contributed by atoms with van der Waals surface area (Å²) in [6.45, 7) is 4.96. The zero-order chi connectivity index (χ0) is 26.1. The molecule has 2 atom stereocenters. The molecular formula is C21H21F3N4O6S. The molecule has 0 radical (unpaired) electrons. The number of halogens is 3. The quantitative estimate of drug-likeness (QED) is 0.563. The minimum atomic E-state index is -5.58. The maximum atomic E-state index is 13.1. The summed E-state index contributed by atoms with van der Waals surface area (Å²) in [5, 5.41) is 5.04. The van der Waals surface area contributed by atoms with E-state index < -0.39 is 50.2 Å². The summed E-state index contributed by atoms with van der Waals surface area (Å²) in [5.41, 5.74) is -4.88. The van der Waals surface area contributed by atoms with Crippen molar-refractivity contribution in [3.63, 3.8) is 0 Å². The van der Waals surface area contributed by atoms with Crippen molar-refractivity contribution in [3.05, 3.63) is 48.3 Å². The molecule has 35 heavy (non-hydrogen) atoms. The van der Waals surface area contributed by atoms with E-state index in [1.54, 1.807) is 26.8 Å².